The summed E-state index contributed by atoms with van der Waals surface area (Å²) in [6.07, 6.45) is 1.51. The molecule has 0 fully saturated rings. The molecule has 0 aliphatic heterocycles. The molecule has 7 heteroatoms. The lowest BCUT2D eigenvalue weighted by molar-refractivity contribution is 0.0464. The van der Waals surface area contributed by atoms with Crippen molar-refractivity contribution in [3.8, 4) is 0 Å². The van der Waals surface area contributed by atoms with Crippen LogP contribution < -0.4 is 10.2 Å². The lowest BCUT2D eigenvalue weighted by Crippen LogP contribution is -2.09. The van der Waals surface area contributed by atoms with E-state index in [1.54, 1.807) is 0 Å². The summed E-state index contributed by atoms with van der Waals surface area (Å²) >= 11 is 1.34. The topological polar surface area (TPSA) is 67.3 Å². The largest absolute Gasteiger partial charge is 0.461 e. The summed E-state index contributed by atoms with van der Waals surface area (Å²) in [5, 5.41) is 4.20. The first-order valence-electron chi connectivity index (χ1n) is 8.82. The number of esters is 1. The Balaban J connectivity index is 1.91. The van der Waals surface area contributed by atoms with Crippen LogP contribution in [0.1, 0.15) is 29.1 Å². The van der Waals surface area contributed by atoms with Gasteiger partial charge in [0.05, 0.1) is 12.0 Å². The molecule has 142 valence electrons. The van der Waals surface area contributed by atoms with E-state index in [9.17, 15) is 4.79 Å². The lowest BCUT2D eigenvalue weighted by Gasteiger charge is -2.13. The highest BCUT2D eigenvalue weighted by molar-refractivity contribution is 7.20. The summed E-state index contributed by atoms with van der Waals surface area (Å²) in [6, 6.07) is 8.08. The molecular weight excluding hydrogens is 360 g/mol. The Kier molecular flexibility index (Phi) is 5.60. The molecule has 3 rings (SSSR count). The second-order valence-corrected chi connectivity index (χ2v) is 8.02. The van der Waals surface area contributed by atoms with E-state index in [-0.39, 0.29) is 5.97 Å². The van der Waals surface area contributed by atoms with Crippen molar-refractivity contribution >= 4 is 44.7 Å². The fourth-order valence-corrected chi connectivity index (χ4v) is 3.69. The highest BCUT2D eigenvalue weighted by Crippen LogP contribution is 2.35. The Bertz CT molecular complexity index is 949. The van der Waals surface area contributed by atoms with Crippen LogP contribution in [0.2, 0.25) is 0 Å². The number of thiophene rings is 1. The molecule has 0 aliphatic carbocycles. The molecule has 3 aromatic rings. The zero-order valence-electron chi connectivity index (χ0n) is 16.2. The number of nitrogens with one attached hydrogen (secondary N) is 1. The first-order valence-corrected chi connectivity index (χ1v) is 9.64. The van der Waals surface area contributed by atoms with Crippen molar-refractivity contribution in [2.75, 3.05) is 30.9 Å². The van der Waals surface area contributed by atoms with Gasteiger partial charge >= 0.3 is 5.97 Å². The summed E-state index contributed by atoms with van der Waals surface area (Å²) in [5.41, 5.74) is 2.89. The van der Waals surface area contributed by atoms with Crippen LogP contribution in [-0.4, -0.2) is 36.6 Å². The number of carbonyl (C=O) groups is 1. The standard InChI is InChI=1S/C20H24N4O2S/c1-12(2)10-26-20(25)17-13(3)16-18(21-11-22-19(16)27-17)23-14-6-8-15(9-7-14)24(4)5/h6-9,11-12H,10H2,1-5H3,(H,21,22,23). The second kappa shape index (κ2) is 7.92. The molecule has 1 aromatic carbocycles. The predicted molar refractivity (Wildman–Crippen MR) is 111 cm³/mol. The van der Waals surface area contributed by atoms with E-state index >= 15 is 0 Å². The van der Waals surface area contributed by atoms with E-state index in [0.717, 1.165) is 27.2 Å². The molecule has 6 nitrogen and oxygen atoms in total. The van der Waals surface area contributed by atoms with Gasteiger partial charge in [-0.3, -0.25) is 0 Å². The fraction of sp³-hybridized carbons (Fsp3) is 0.350. The smallest absolute Gasteiger partial charge is 0.348 e. The second-order valence-electron chi connectivity index (χ2n) is 7.02. The number of aromatic nitrogens is 2. The monoisotopic (exact) mass is 384 g/mol. The average Bonchev–Trinajstić information content (AvgIpc) is 2.98. The molecule has 0 aliphatic rings. The quantitative estimate of drug-likeness (QED) is 0.626. The normalized spacial score (nSPS) is 11.0. The predicted octanol–water partition coefficient (Wildman–Crippen LogP) is 4.62. The number of rotatable bonds is 6. The van der Waals surface area contributed by atoms with Crippen LogP contribution in [0.25, 0.3) is 10.2 Å². The maximum Gasteiger partial charge on any atom is 0.348 e. The van der Waals surface area contributed by atoms with Crippen LogP contribution in [0.3, 0.4) is 0 Å². The van der Waals surface area contributed by atoms with Crippen molar-refractivity contribution < 1.29 is 9.53 Å². The van der Waals surface area contributed by atoms with E-state index in [4.69, 9.17) is 4.74 Å². The molecule has 0 bridgehead atoms. The van der Waals surface area contributed by atoms with E-state index < -0.39 is 0 Å². The number of anilines is 3. The fourth-order valence-electron chi connectivity index (χ4n) is 2.65. The Morgan fingerprint density at radius 1 is 1.22 bits per heavy atom. The molecule has 1 N–H and O–H groups in total. The molecule has 2 heterocycles. The summed E-state index contributed by atoms with van der Waals surface area (Å²) in [7, 11) is 4.01. The summed E-state index contributed by atoms with van der Waals surface area (Å²) in [5.74, 6) is 0.686. The highest BCUT2D eigenvalue weighted by Gasteiger charge is 2.20. The minimum atomic E-state index is -0.300. The molecule has 0 atom stereocenters. The van der Waals surface area contributed by atoms with Gasteiger partial charge in [-0.1, -0.05) is 13.8 Å². The van der Waals surface area contributed by atoms with Gasteiger partial charge in [-0.2, -0.15) is 0 Å². The minimum Gasteiger partial charge on any atom is -0.461 e. The molecule has 0 saturated heterocycles. The van der Waals surface area contributed by atoms with Gasteiger partial charge in [-0.15, -0.1) is 11.3 Å². The SMILES string of the molecule is Cc1c(C(=O)OCC(C)C)sc2ncnc(Nc3ccc(N(C)C)cc3)c12. The van der Waals surface area contributed by atoms with Crippen LogP contribution in [0.15, 0.2) is 30.6 Å². The maximum absolute atomic E-state index is 12.4. The minimum absolute atomic E-state index is 0.297. The Morgan fingerprint density at radius 3 is 2.56 bits per heavy atom. The number of benzene rings is 1. The molecule has 0 amide bonds. The summed E-state index contributed by atoms with van der Waals surface area (Å²) in [6.45, 7) is 6.34. The number of fused-ring (bicyclic) bond motifs is 1. The molecule has 0 radical (unpaired) electrons. The van der Waals surface area contributed by atoms with Crippen molar-refractivity contribution in [3.63, 3.8) is 0 Å². The molecule has 2 aromatic heterocycles. The van der Waals surface area contributed by atoms with Crippen LogP contribution >= 0.6 is 11.3 Å². The molecule has 0 unspecified atom stereocenters. The third-order valence-electron chi connectivity index (χ3n) is 4.11. The van der Waals surface area contributed by atoms with Crippen molar-refractivity contribution in [1.82, 2.24) is 9.97 Å². The zero-order valence-corrected chi connectivity index (χ0v) is 17.1. The van der Waals surface area contributed by atoms with Crippen molar-refractivity contribution in [2.24, 2.45) is 5.92 Å². The summed E-state index contributed by atoms with van der Waals surface area (Å²) in [4.78, 5) is 24.5. The van der Waals surface area contributed by atoms with Crippen LogP contribution in [0, 0.1) is 12.8 Å². The van der Waals surface area contributed by atoms with Gasteiger partial charge < -0.3 is 15.0 Å². The highest BCUT2D eigenvalue weighted by atomic mass is 32.1. The van der Waals surface area contributed by atoms with Gasteiger partial charge in [-0.25, -0.2) is 14.8 Å². The first-order chi connectivity index (χ1) is 12.9. The van der Waals surface area contributed by atoms with Crippen molar-refractivity contribution in [1.29, 1.82) is 0 Å². The lowest BCUT2D eigenvalue weighted by atomic mass is 10.2. The number of carbonyl (C=O) groups excluding carboxylic acids is 1. The van der Waals surface area contributed by atoms with Crippen LogP contribution in [0.4, 0.5) is 17.2 Å². The number of hydrogen-bond donors (Lipinski definition) is 1. The van der Waals surface area contributed by atoms with Crippen LogP contribution in [-0.2, 0) is 4.74 Å². The molecular formula is C20H24N4O2S. The first kappa shape index (κ1) is 19.1. The van der Waals surface area contributed by atoms with E-state index in [0.29, 0.717) is 23.2 Å². The van der Waals surface area contributed by atoms with Crippen LogP contribution in [0.5, 0.6) is 0 Å². The summed E-state index contributed by atoms with van der Waals surface area (Å²) < 4.78 is 5.39. The maximum atomic E-state index is 12.4. The van der Waals surface area contributed by atoms with Gasteiger partial charge in [0.1, 0.15) is 21.9 Å². The molecule has 0 saturated carbocycles. The molecule has 27 heavy (non-hydrogen) atoms. The van der Waals surface area contributed by atoms with E-state index in [2.05, 4.69) is 15.3 Å². The van der Waals surface area contributed by atoms with Gasteiger partial charge in [0.2, 0.25) is 0 Å². The van der Waals surface area contributed by atoms with Crippen molar-refractivity contribution in [2.45, 2.75) is 20.8 Å². The van der Waals surface area contributed by atoms with Gasteiger partial charge in [-0.05, 0) is 42.7 Å². The third kappa shape index (κ3) is 4.19. The number of hydrogen-bond acceptors (Lipinski definition) is 7. The number of aryl methyl sites for hydroxylation is 1. The van der Waals surface area contributed by atoms with Gasteiger partial charge in [0.15, 0.2) is 0 Å². The van der Waals surface area contributed by atoms with Gasteiger partial charge in [0.25, 0.3) is 0 Å². The van der Waals surface area contributed by atoms with Gasteiger partial charge in [0, 0.05) is 25.5 Å². The number of nitrogens with zero attached hydrogens (tertiary/aromatic N) is 3. The Morgan fingerprint density at radius 2 is 1.93 bits per heavy atom. The number of ether oxygens (including phenoxy) is 1. The van der Waals surface area contributed by atoms with Crippen molar-refractivity contribution in [3.05, 3.63) is 41.0 Å². The van der Waals surface area contributed by atoms with E-state index in [1.807, 2.05) is 64.0 Å². The molecule has 0 spiro atoms. The third-order valence-corrected chi connectivity index (χ3v) is 5.29. The Labute approximate surface area is 163 Å². The van der Waals surface area contributed by atoms with E-state index in [1.165, 1.54) is 17.7 Å². The average molecular weight is 385 g/mol. The zero-order chi connectivity index (χ0) is 19.6. The Hall–Kier alpha value is -2.67.